The van der Waals surface area contributed by atoms with E-state index in [2.05, 4.69) is 15.6 Å². The lowest BCUT2D eigenvalue weighted by molar-refractivity contribution is 0.0728. The number of rotatable bonds is 9. The monoisotopic (exact) mass is 421 g/mol. The second kappa shape index (κ2) is 11.9. The summed E-state index contributed by atoms with van der Waals surface area (Å²) in [5.41, 5.74) is 2.46. The average molecular weight is 422 g/mol. The number of hydrogen-bond donors (Lipinski definition) is 1. The maximum atomic E-state index is 13.3. The van der Waals surface area contributed by atoms with Crippen LogP contribution in [-0.2, 0) is 11.3 Å². The largest absolute Gasteiger partial charge is 0.385 e. The highest BCUT2D eigenvalue weighted by Crippen LogP contribution is 2.21. The third kappa shape index (κ3) is 6.26. The topological polar surface area (TPSA) is 72.3 Å². The summed E-state index contributed by atoms with van der Waals surface area (Å²) in [5.74, 6) is -0.0426. The Bertz CT molecular complexity index is 747. The minimum Gasteiger partial charge on any atom is -0.385 e. The minimum absolute atomic E-state index is 0. The molecule has 160 valence electrons. The van der Waals surface area contributed by atoms with Gasteiger partial charge in [-0.3, -0.25) is 4.79 Å². The van der Waals surface area contributed by atoms with Crippen LogP contribution < -0.4 is 5.32 Å². The zero-order valence-electron chi connectivity index (χ0n) is 17.3. The quantitative estimate of drug-likeness (QED) is 0.630. The molecule has 0 radical (unpaired) electrons. The van der Waals surface area contributed by atoms with Crippen LogP contribution in [0.15, 0.2) is 30.3 Å². The summed E-state index contributed by atoms with van der Waals surface area (Å²) in [6.07, 6.45) is 3.86. The zero-order chi connectivity index (χ0) is 19.8. The Kier molecular flexibility index (Phi) is 9.57. The van der Waals surface area contributed by atoms with Crippen LogP contribution in [0.5, 0.6) is 0 Å². The van der Waals surface area contributed by atoms with Gasteiger partial charge in [-0.25, -0.2) is 4.68 Å². The first-order chi connectivity index (χ1) is 13.7. The van der Waals surface area contributed by atoms with Crippen molar-refractivity contribution in [3.63, 3.8) is 0 Å². The van der Waals surface area contributed by atoms with E-state index in [9.17, 15) is 4.79 Å². The number of unbranched alkanes of at least 4 members (excludes halogenated alkanes) is 1. The van der Waals surface area contributed by atoms with Crippen molar-refractivity contribution in [1.82, 2.24) is 25.2 Å². The van der Waals surface area contributed by atoms with Gasteiger partial charge in [0.15, 0.2) is 5.69 Å². The van der Waals surface area contributed by atoms with E-state index in [1.165, 1.54) is 0 Å². The molecule has 3 rings (SSSR count). The van der Waals surface area contributed by atoms with E-state index in [0.29, 0.717) is 31.4 Å². The predicted molar refractivity (Wildman–Crippen MR) is 115 cm³/mol. The van der Waals surface area contributed by atoms with Crippen LogP contribution in [0.4, 0.5) is 0 Å². The fourth-order valence-electron chi connectivity index (χ4n) is 3.69. The Morgan fingerprint density at radius 1 is 1.24 bits per heavy atom. The summed E-state index contributed by atoms with van der Waals surface area (Å²) >= 11 is 0. The third-order valence-corrected chi connectivity index (χ3v) is 5.31. The van der Waals surface area contributed by atoms with Crippen LogP contribution in [0, 0.1) is 6.92 Å². The number of methoxy groups -OCH3 is 1. The van der Waals surface area contributed by atoms with Crippen molar-refractivity contribution in [3.8, 4) is 0 Å². The lowest BCUT2D eigenvalue weighted by Gasteiger charge is -2.24. The highest BCUT2D eigenvalue weighted by Gasteiger charge is 2.26. The molecule has 8 heteroatoms. The molecule has 2 aromatic rings. The molecule has 29 heavy (non-hydrogen) atoms. The molecular weight excluding hydrogens is 390 g/mol. The Labute approximate surface area is 179 Å². The molecule has 2 heterocycles. The molecule has 1 amide bonds. The fourth-order valence-corrected chi connectivity index (χ4v) is 3.69. The van der Waals surface area contributed by atoms with Crippen LogP contribution in [0.1, 0.15) is 53.5 Å². The van der Waals surface area contributed by atoms with E-state index in [4.69, 9.17) is 4.74 Å². The lowest BCUT2D eigenvalue weighted by atomic mass is 10.1. The highest BCUT2D eigenvalue weighted by atomic mass is 35.5. The number of carbonyl (C=O) groups is 1. The molecule has 1 aromatic heterocycles. The van der Waals surface area contributed by atoms with Gasteiger partial charge in [0.25, 0.3) is 5.91 Å². The smallest absolute Gasteiger partial charge is 0.276 e. The molecule has 1 aliphatic heterocycles. The number of hydrogen-bond acceptors (Lipinski definition) is 5. The lowest BCUT2D eigenvalue weighted by Crippen LogP contribution is -2.33. The van der Waals surface area contributed by atoms with Gasteiger partial charge in [0.1, 0.15) is 0 Å². The van der Waals surface area contributed by atoms with Gasteiger partial charge in [0.2, 0.25) is 0 Å². The van der Waals surface area contributed by atoms with Gasteiger partial charge in [0, 0.05) is 26.8 Å². The molecule has 1 aliphatic rings. The third-order valence-electron chi connectivity index (χ3n) is 5.31. The van der Waals surface area contributed by atoms with E-state index in [-0.39, 0.29) is 18.3 Å². The van der Waals surface area contributed by atoms with Crippen molar-refractivity contribution < 1.29 is 9.53 Å². The van der Waals surface area contributed by atoms with Crippen molar-refractivity contribution in [2.45, 2.75) is 45.2 Å². The van der Waals surface area contributed by atoms with Gasteiger partial charge in [-0.2, -0.15) is 0 Å². The standard InChI is InChI=1S/C21H31N5O2.ClH/c1-17-20(23-24-26(17)19-10-12-22-13-11-19)21(27)25(14-6-7-15-28-2)16-18-8-4-3-5-9-18;/h3-5,8-9,19,22H,6-7,10-16H2,1-2H3;1H. The molecule has 0 saturated carbocycles. The maximum Gasteiger partial charge on any atom is 0.276 e. The normalized spacial score (nSPS) is 14.4. The van der Waals surface area contributed by atoms with Gasteiger partial charge in [-0.15, -0.1) is 17.5 Å². The summed E-state index contributed by atoms with van der Waals surface area (Å²) in [7, 11) is 1.70. The number of piperidine rings is 1. The van der Waals surface area contributed by atoms with Crippen LogP contribution in [-0.4, -0.2) is 59.2 Å². The number of nitrogens with zero attached hydrogens (tertiary/aromatic N) is 4. The van der Waals surface area contributed by atoms with E-state index in [1.807, 2.05) is 46.8 Å². The molecule has 0 atom stereocenters. The van der Waals surface area contributed by atoms with Crippen molar-refractivity contribution >= 4 is 18.3 Å². The molecule has 0 bridgehead atoms. The van der Waals surface area contributed by atoms with Crippen molar-refractivity contribution in [2.75, 3.05) is 33.4 Å². The van der Waals surface area contributed by atoms with E-state index in [1.54, 1.807) is 7.11 Å². The molecule has 1 fully saturated rings. The summed E-state index contributed by atoms with van der Waals surface area (Å²) in [6.45, 7) is 5.88. The first-order valence-electron chi connectivity index (χ1n) is 10.2. The van der Waals surface area contributed by atoms with Crippen molar-refractivity contribution in [3.05, 3.63) is 47.3 Å². The maximum absolute atomic E-state index is 13.3. The summed E-state index contributed by atoms with van der Waals surface area (Å²) in [4.78, 5) is 15.2. The molecule has 0 aliphatic carbocycles. The predicted octanol–water partition coefficient (Wildman–Crippen LogP) is 3.00. The summed E-state index contributed by atoms with van der Waals surface area (Å²) in [5, 5.41) is 12.0. The first-order valence-corrected chi connectivity index (χ1v) is 10.2. The Morgan fingerprint density at radius 2 is 1.97 bits per heavy atom. The van der Waals surface area contributed by atoms with Gasteiger partial charge in [0.05, 0.1) is 11.7 Å². The average Bonchev–Trinajstić information content (AvgIpc) is 3.12. The minimum atomic E-state index is -0.0426. The van der Waals surface area contributed by atoms with Crippen LogP contribution >= 0.6 is 12.4 Å². The second-order valence-electron chi connectivity index (χ2n) is 7.36. The van der Waals surface area contributed by atoms with Crippen molar-refractivity contribution in [1.29, 1.82) is 0 Å². The number of nitrogens with one attached hydrogen (secondary N) is 1. The highest BCUT2D eigenvalue weighted by molar-refractivity contribution is 5.93. The fraction of sp³-hybridized carbons (Fsp3) is 0.571. The Hall–Kier alpha value is -1.96. The first kappa shape index (κ1) is 23.3. The number of ether oxygens (including phenoxy) is 1. The van der Waals surface area contributed by atoms with E-state index >= 15 is 0 Å². The molecular formula is C21H32ClN5O2. The zero-order valence-corrected chi connectivity index (χ0v) is 18.2. The molecule has 0 spiro atoms. The molecule has 1 saturated heterocycles. The van der Waals surface area contributed by atoms with E-state index in [0.717, 1.165) is 50.0 Å². The Balaban J connectivity index is 0.00000300. The number of carbonyl (C=O) groups excluding carboxylic acids is 1. The second-order valence-corrected chi connectivity index (χ2v) is 7.36. The van der Waals surface area contributed by atoms with Crippen LogP contribution in [0.25, 0.3) is 0 Å². The number of aromatic nitrogens is 3. The molecule has 7 nitrogen and oxygen atoms in total. The number of amides is 1. The molecule has 1 aromatic carbocycles. The van der Waals surface area contributed by atoms with Gasteiger partial charge in [-0.1, -0.05) is 35.5 Å². The van der Waals surface area contributed by atoms with Gasteiger partial charge < -0.3 is 15.0 Å². The van der Waals surface area contributed by atoms with Gasteiger partial charge in [-0.05, 0) is 51.3 Å². The Morgan fingerprint density at radius 3 is 2.66 bits per heavy atom. The van der Waals surface area contributed by atoms with Crippen molar-refractivity contribution in [2.24, 2.45) is 0 Å². The van der Waals surface area contributed by atoms with Crippen LogP contribution in [0.3, 0.4) is 0 Å². The summed E-state index contributed by atoms with van der Waals surface area (Å²) in [6, 6.07) is 10.4. The number of halogens is 1. The van der Waals surface area contributed by atoms with Crippen LogP contribution in [0.2, 0.25) is 0 Å². The van der Waals surface area contributed by atoms with Gasteiger partial charge >= 0.3 is 0 Å². The molecule has 1 N–H and O–H groups in total. The van der Waals surface area contributed by atoms with E-state index < -0.39 is 0 Å². The summed E-state index contributed by atoms with van der Waals surface area (Å²) < 4.78 is 7.09. The molecule has 0 unspecified atom stereocenters. The number of benzene rings is 1. The SMILES string of the molecule is COCCCCN(Cc1ccccc1)C(=O)c1nnn(C2CCNCC2)c1C.Cl.